The van der Waals surface area contributed by atoms with Crippen molar-refractivity contribution in [2.45, 2.75) is 31.6 Å². The Hall–Kier alpha value is -3.84. The lowest BCUT2D eigenvalue weighted by Crippen LogP contribution is -2.09. The van der Waals surface area contributed by atoms with Gasteiger partial charge in [0.1, 0.15) is 0 Å². The summed E-state index contributed by atoms with van der Waals surface area (Å²) in [6.45, 7) is 0. The van der Waals surface area contributed by atoms with E-state index in [0.717, 1.165) is 29.1 Å². The van der Waals surface area contributed by atoms with Gasteiger partial charge in [0.15, 0.2) is 0 Å². The van der Waals surface area contributed by atoms with Crippen LogP contribution in [0.3, 0.4) is 0 Å². The van der Waals surface area contributed by atoms with Crippen molar-refractivity contribution in [1.82, 2.24) is 0 Å². The van der Waals surface area contributed by atoms with E-state index < -0.39 is 0 Å². The van der Waals surface area contributed by atoms with Crippen LogP contribution in [0.2, 0.25) is 0 Å². The van der Waals surface area contributed by atoms with Crippen molar-refractivity contribution >= 4 is 22.1 Å². The Kier molecular flexibility index (Phi) is 5.35. The monoisotopic (exact) mass is 465 g/mol. The standard InChI is InChI=1S/C35H31N/c1-2-8-25(9-3-1)30-10-6-7-13-35(30)36-28-18-16-26(17-19-28)29-20-21-33(32-12-5-4-11-31(29)32)34-23-24-14-15-27(34)22-24/h1-13,16-21,24,27,34,36H,14-15,22-23H2. The molecule has 0 spiro atoms. The van der Waals surface area contributed by atoms with E-state index in [-0.39, 0.29) is 0 Å². The molecule has 2 bridgehead atoms. The molecule has 2 aliphatic carbocycles. The molecule has 2 aliphatic rings. The topological polar surface area (TPSA) is 12.0 Å². The summed E-state index contributed by atoms with van der Waals surface area (Å²) in [6.07, 6.45) is 5.71. The summed E-state index contributed by atoms with van der Waals surface area (Å²) in [7, 11) is 0. The molecule has 0 radical (unpaired) electrons. The highest BCUT2D eigenvalue weighted by molar-refractivity contribution is 5.99. The number of hydrogen-bond acceptors (Lipinski definition) is 1. The fraction of sp³-hybridized carbons (Fsp3) is 0.200. The van der Waals surface area contributed by atoms with E-state index in [0.29, 0.717) is 0 Å². The molecule has 0 aromatic heterocycles. The van der Waals surface area contributed by atoms with E-state index in [1.807, 2.05) is 0 Å². The number of benzene rings is 5. The summed E-state index contributed by atoms with van der Waals surface area (Å²) in [4.78, 5) is 0. The Morgan fingerprint density at radius 2 is 1.25 bits per heavy atom. The Labute approximate surface area is 213 Å². The largest absolute Gasteiger partial charge is 0.355 e. The lowest BCUT2D eigenvalue weighted by Gasteiger charge is -2.24. The molecule has 1 N–H and O–H groups in total. The number of rotatable bonds is 5. The van der Waals surface area contributed by atoms with E-state index in [1.165, 1.54) is 58.7 Å². The third-order valence-corrected chi connectivity index (χ3v) is 8.58. The average Bonchev–Trinajstić information content (AvgIpc) is 3.58. The minimum atomic E-state index is 0.749. The summed E-state index contributed by atoms with van der Waals surface area (Å²) >= 11 is 0. The summed E-state index contributed by atoms with van der Waals surface area (Å²) in [5.41, 5.74) is 8.84. The van der Waals surface area contributed by atoms with Crippen LogP contribution in [0.5, 0.6) is 0 Å². The molecule has 2 saturated carbocycles. The highest BCUT2D eigenvalue weighted by Gasteiger charge is 2.40. The molecule has 2 fully saturated rings. The van der Waals surface area contributed by atoms with Gasteiger partial charge in [0.05, 0.1) is 0 Å². The molecule has 0 heterocycles. The second kappa shape index (κ2) is 8.99. The van der Waals surface area contributed by atoms with Crippen molar-refractivity contribution < 1.29 is 0 Å². The third kappa shape index (κ3) is 3.80. The van der Waals surface area contributed by atoms with Gasteiger partial charge in [0.2, 0.25) is 0 Å². The second-order valence-electron chi connectivity index (χ2n) is 10.6. The van der Waals surface area contributed by atoms with Crippen LogP contribution < -0.4 is 5.32 Å². The summed E-state index contributed by atoms with van der Waals surface area (Å²) in [5, 5.41) is 6.48. The van der Waals surface area contributed by atoms with E-state index in [4.69, 9.17) is 0 Å². The summed E-state index contributed by atoms with van der Waals surface area (Å²) in [5.74, 6) is 2.61. The molecular formula is C35H31N. The van der Waals surface area contributed by atoms with Gasteiger partial charge >= 0.3 is 0 Å². The summed E-state index contributed by atoms with van der Waals surface area (Å²) in [6, 6.07) is 41.9. The Morgan fingerprint density at radius 3 is 2.03 bits per heavy atom. The van der Waals surface area contributed by atoms with Gasteiger partial charge in [0.25, 0.3) is 0 Å². The zero-order valence-corrected chi connectivity index (χ0v) is 20.5. The maximum atomic E-state index is 3.65. The van der Waals surface area contributed by atoms with Crippen molar-refractivity contribution in [2.24, 2.45) is 11.8 Å². The number of para-hydroxylation sites is 1. The number of anilines is 2. The fourth-order valence-corrected chi connectivity index (χ4v) is 6.87. The molecule has 0 saturated heterocycles. The maximum Gasteiger partial charge on any atom is 0.0463 e. The quantitative estimate of drug-likeness (QED) is 0.272. The first-order valence-electron chi connectivity index (χ1n) is 13.4. The second-order valence-corrected chi connectivity index (χ2v) is 10.6. The van der Waals surface area contributed by atoms with Crippen LogP contribution in [-0.2, 0) is 0 Å². The van der Waals surface area contributed by atoms with E-state index in [2.05, 4.69) is 121 Å². The molecular weight excluding hydrogens is 434 g/mol. The highest BCUT2D eigenvalue weighted by atomic mass is 14.9. The van der Waals surface area contributed by atoms with E-state index in [9.17, 15) is 0 Å². The third-order valence-electron chi connectivity index (χ3n) is 8.58. The first-order chi connectivity index (χ1) is 17.8. The molecule has 36 heavy (non-hydrogen) atoms. The zero-order chi connectivity index (χ0) is 23.9. The molecule has 3 unspecified atom stereocenters. The van der Waals surface area contributed by atoms with Gasteiger partial charge in [-0.15, -0.1) is 0 Å². The number of nitrogens with one attached hydrogen (secondary N) is 1. The Bertz CT molecular complexity index is 1520. The number of fused-ring (bicyclic) bond motifs is 3. The van der Waals surface area contributed by atoms with Gasteiger partial charge in [-0.1, -0.05) is 103 Å². The van der Waals surface area contributed by atoms with Gasteiger partial charge in [-0.25, -0.2) is 0 Å². The first-order valence-corrected chi connectivity index (χ1v) is 13.4. The number of hydrogen-bond donors (Lipinski definition) is 1. The predicted octanol–water partition coefficient (Wildman–Crippen LogP) is 9.82. The SMILES string of the molecule is c1ccc(-c2ccccc2Nc2ccc(-c3ccc(C4CC5CCC4C5)c4ccccc34)cc2)cc1. The highest BCUT2D eigenvalue weighted by Crippen LogP contribution is 2.54. The normalized spacial score (nSPS) is 20.6. The Balaban J connectivity index is 1.20. The summed E-state index contributed by atoms with van der Waals surface area (Å²) < 4.78 is 0. The van der Waals surface area contributed by atoms with Crippen molar-refractivity contribution in [3.8, 4) is 22.3 Å². The fourth-order valence-electron chi connectivity index (χ4n) is 6.87. The molecule has 0 aliphatic heterocycles. The zero-order valence-electron chi connectivity index (χ0n) is 20.5. The molecule has 1 nitrogen and oxygen atoms in total. The van der Waals surface area contributed by atoms with Crippen molar-refractivity contribution in [2.75, 3.05) is 5.32 Å². The molecule has 5 aromatic rings. The van der Waals surface area contributed by atoms with Gasteiger partial charge in [0, 0.05) is 16.9 Å². The van der Waals surface area contributed by atoms with Crippen LogP contribution in [0.4, 0.5) is 11.4 Å². The molecule has 176 valence electrons. The van der Waals surface area contributed by atoms with Crippen LogP contribution in [0, 0.1) is 11.8 Å². The lowest BCUT2D eigenvalue weighted by molar-refractivity contribution is 0.422. The van der Waals surface area contributed by atoms with Crippen molar-refractivity contribution in [3.63, 3.8) is 0 Å². The van der Waals surface area contributed by atoms with Gasteiger partial charge < -0.3 is 5.32 Å². The minimum Gasteiger partial charge on any atom is -0.355 e. The first kappa shape index (κ1) is 21.4. The van der Waals surface area contributed by atoms with Crippen molar-refractivity contribution in [1.29, 1.82) is 0 Å². The Morgan fingerprint density at radius 1 is 0.528 bits per heavy atom. The molecule has 3 atom stereocenters. The maximum absolute atomic E-state index is 3.65. The lowest BCUT2D eigenvalue weighted by atomic mass is 9.80. The molecule has 1 heteroatoms. The van der Waals surface area contributed by atoms with Crippen molar-refractivity contribution in [3.05, 3.63) is 121 Å². The van der Waals surface area contributed by atoms with E-state index in [1.54, 1.807) is 5.56 Å². The van der Waals surface area contributed by atoms with Crippen LogP contribution in [0.25, 0.3) is 33.0 Å². The molecule has 0 amide bonds. The van der Waals surface area contributed by atoms with Crippen LogP contribution in [0.15, 0.2) is 115 Å². The van der Waals surface area contributed by atoms with Gasteiger partial charge in [-0.3, -0.25) is 0 Å². The van der Waals surface area contributed by atoms with E-state index >= 15 is 0 Å². The predicted molar refractivity (Wildman–Crippen MR) is 153 cm³/mol. The average molecular weight is 466 g/mol. The van der Waals surface area contributed by atoms with Gasteiger partial charge in [-0.2, -0.15) is 0 Å². The molecule has 5 aromatic carbocycles. The van der Waals surface area contributed by atoms with Gasteiger partial charge in [-0.05, 0) is 88.2 Å². The van der Waals surface area contributed by atoms with Crippen LogP contribution in [0.1, 0.15) is 37.2 Å². The van der Waals surface area contributed by atoms with Crippen LogP contribution >= 0.6 is 0 Å². The molecule has 7 rings (SSSR count). The van der Waals surface area contributed by atoms with Crippen LogP contribution in [-0.4, -0.2) is 0 Å². The minimum absolute atomic E-state index is 0.749. The smallest absolute Gasteiger partial charge is 0.0463 e.